The molecule has 0 aliphatic rings. The Kier molecular flexibility index (Phi) is 6.16. The Morgan fingerprint density at radius 2 is 1.22 bits per heavy atom. The number of hydrogen-bond acceptors (Lipinski definition) is 4. The fraction of sp³-hybridized carbons (Fsp3) is 0.636. The van der Waals surface area contributed by atoms with E-state index in [-0.39, 0.29) is 6.08 Å². The second-order valence-corrected chi connectivity index (χ2v) is 4.15. The lowest BCUT2D eigenvalue weighted by molar-refractivity contribution is -0.374. The van der Waals surface area contributed by atoms with Crippen molar-refractivity contribution in [2.75, 3.05) is 13.2 Å². The van der Waals surface area contributed by atoms with E-state index >= 15 is 0 Å². The summed E-state index contributed by atoms with van der Waals surface area (Å²) in [7, 11) is 0. The lowest BCUT2D eigenvalue weighted by Gasteiger charge is -2.36. The molecule has 4 nitrogen and oxygen atoms in total. The molecule has 0 unspecified atom stereocenters. The zero-order chi connectivity index (χ0) is 18.7. The molecule has 0 spiro atoms. The highest BCUT2D eigenvalue weighted by Crippen LogP contribution is 2.52. The maximum atomic E-state index is 13.2. The van der Waals surface area contributed by atoms with Gasteiger partial charge in [-0.25, -0.2) is 4.79 Å². The normalized spacial score (nSPS) is 13.4. The summed E-state index contributed by atoms with van der Waals surface area (Å²) in [6.45, 7) is -1.90. The quantitative estimate of drug-likeness (QED) is 0.380. The van der Waals surface area contributed by atoms with Gasteiger partial charge in [0.1, 0.15) is 0 Å². The molecular formula is C11H10F8O4. The lowest BCUT2D eigenvalue weighted by atomic mass is 9.99. The van der Waals surface area contributed by atoms with Crippen molar-refractivity contribution in [2.24, 2.45) is 0 Å². The van der Waals surface area contributed by atoms with Gasteiger partial charge >= 0.3 is 35.6 Å². The molecule has 0 fully saturated rings. The van der Waals surface area contributed by atoms with Crippen molar-refractivity contribution in [3.8, 4) is 0 Å². The van der Waals surface area contributed by atoms with Crippen LogP contribution in [0.2, 0.25) is 0 Å². The molecule has 12 heteroatoms. The molecule has 0 radical (unpaired) electrons. The number of esters is 2. The minimum Gasteiger partial charge on any atom is -0.459 e. The van der Waals surface area contributed by atoms with E-state index in [9.17, 15) is 44.7 Å². The molecule has 0 aromatic rings. The van der Waals surface area contributed by atoms with Crippen LogP contribution in [-0.2, 0) is 19.1 Å². The first-order valence-electron chi connectivity index (χ1n) is 5.56. The van der Waals surface area contributed by atoms with Crippen molar-refractivity contribution < 1.29 is 54.2 Å². The minimum atomic E-state index is -6.62. The molecule has 0 amide bonds. The summed E-state index contributed by atoms with van der Waals surface area (Å²) in [5, 5.41) is 0. The molecule has 0 heterocycles. The summed E-state index contributed by atoms with van der Waals surface area (Å²) >= 11 is 0. The first kappa shape index (κ1) is 21.1. The molecule has 23 heavy (non-hydrogen) atoms. The van der Waals surface area contributed by atoms with E-state index in [1.807, 2.05) is 0 Å². The van der Waals surface area contributed by atoms with Crippen LogP contribution in [0.1, 0.15) is 6.92 Å². The molecule has 0 rings (SSSR count). The van der Waals surface area contributed by atoms with E-state index in [4.69, 9.17) is 0 Å². The average Bonchev–Trinajstić information content (AvgIpc) is 2.42. The zero-order valence-electron chi connectivity index (χ0n) is 11.4. The van der Waals surface area contributed by atoms with Crippen LogP contribution < -0.4 is 0 Å². The Morgan fingerprint density at radius 1 is 0.870 bits per heavy atom. The number of hydrogen-bond donors (Lipinski definition) is 0. The third-order valence-corrected chi connectivity index (χ3v) is 2.33. The number of halogens is 8. The maximum Gasteiger partial charge on any atom is 0.381 e. The van der Waals surface area contributed by atoms with E-state index in [1.165, 1.54) is 0 Å². The van der Waals surface area contributed by atoms with Crippen LogP contribution in [0.5, 0.6) is 0 Å². The number of ether oxygens (including phenoxy) is 2. The Morgan fingerprint density at radius 3 is 1.52 bits per heavy atom. The largest absolute Gasteiger partial charge is 0.459 e. The van der Waals surface area contributed by atoms with E-state index < -0.39 is 48.8 Å². The van der Waals surface area contributed by atoms with Gasteiger partial charge in [0.05, 0.1) is 0 Å². The van der Waals surface area contributed by atoms with Gasteiger partial charge in [-0.3, -0.25) is 4.79 Å². The van der Waals surface area contributed by atoms with Gasteiger partial charge < -0.3 is 9.47 Å². The van der Waals surface area contributed by atoms with Crippen molar-refractivity contribution >= 4 is 11.9 Å². The zero-order valence-corrected chi connectivity index (χ0v) is 11.4. The molecule has 0 N–H and O–H groups in total. The molecule has 0 bridgehead atoms. The summed E-state index contributed by atoms with van der Waals surface area (Å²) in [5.41, 5.74) is 0. The number of carbonyl (C=O) groups is 2. The SMILES string of the molecule is C=CC(=O)OCC(F)(F)C(F)(F)C(F)(F)C(F)(F)COC(C)=O. The molecule has 0 saturated heterocycles. The summed E-state index contributed by atoms with van der Waals surface area (Å²) < 4.78 is 112. The van der Waals surface area contributed by atoms with Gasteiger partial charge in [-0.15, -0.1) is 0 Å². The van der Waals surface area contributed by atoms with Gasteiger partial charge in [-0.05, 0) is 0 Å². The lowest BCUT2D eigenvalue weighted by Crippen LogP contribution is -2.64. The van der Waals surface area contributed by atoms with Crippen molar-refractivity contribution in [3.63, 3.8) is 0 Å². The van der Waals surface area contributed by atoms with Crippen LogP contribution in [0.4, 0.5) is 35.1 Å². The van der Waals surface area contributed by atoms with Crippen molar-refractivity contribution in [1.82, 2.24) is 0 Å². The maximum absolute atomic E-state index is 13.2. The summed E-state index contributed by atoms with van der Waals surface area (Å²) in [6.07, 6.45) is 0.266. The molecule has 0 saturated carbocycles. The monoisotopic (exact) mass is 358 g/mol. The number of alkyl halides is 8. The predicted octanol–water partition coefficient (Wildman–Crippen LogP) is 2.82. The standard InChI is InChI=1S/C11H10F8O4/c1-3-7(21)23-5-9(14,15)11(18,19)10(16,17)8(12,13)4-22-6(2)20/h3H,1,4-5H2,2H3. The fourth-order valence-electron chi connectivity index (χ4n) is 1.05. The third-order valence-electron chi connectivity index (χ3n) is 2.33. The second kappa shape index (κ2) is 6.71. The number of carbonyl (C=O) groups excluding carboxylic acids is 2. The molecular weight excluding hydrogens is 348 g/mol. The number of rotatable bonds is 8. The molecule has 134 valence electrons. The highest BCUT2D eigenvalue weighted by Gasteiger charge is 2.81. The first-order chi connectivity index (χ1) is 10.1. The van der Waals surface area contributed by atoms with Gasteiger partial charge in [-0.2, -0.15) is 35.1 Å². The van der Waals surface area contributed by atoms with Crippen LogP contribution in [0, 0.1) is 0 Å². The average molecular weight is 358 g/mol. The highest BCUT2D eigenvalue weighted by atomic mass is 19.4. The summed E-state index contributed by atoms with van der Waals surface area (Å²) in [6, 6.07) is 0. The summed E-state index contributed by atoms with van der Waals surface area (Å²) in [5.74, 6) is -28.1. The van der Waals surface area contributed by atoms with Crippen LogP contribution in [0.15, 0.2) is 12.7 Å². The van der Waals surface area contributed by atoms with E-state index in [2.05, 4.69) is 16.1 Å². The van der Waals surface area contributed by atoms with Crippen LogP contribution in [0.3, 0.4) is 0 Å². The van der Waals surface area contributed by atoms with Gasteiger partial charge in [0, 0.05) is 13.0 Å². The Hall–Kier alpha value is -1.88. The van der Waals surface area contributed by atoms with E-state index in [0.29, 0.717) is 6.92 Å². The summed E-state index contributed by atoms with van der Waals surface area (Å²) in [4.78, 5) is 20.8. The topological polar surface area (TPSA) is 52.6 Å². The minimum absolute atomic E-state index is 0.266. The second-order valence-electron chi connectivity index (χ2n) is 4.15. The first-order valence-corrected chi connectivity index (χ1v) is 5.56. The van der Waals surface area contributed by atoms with Crippen LogP contribution >= 0.6 is 0 Å². The van der Waals surface area contributed by atoms with Gasteiger partial charge in [0.25, 0.3) is 0 Å². The van der Waals surface area contributed by atoms with Gasteiger partial charge in [0.15, 0.2) is 13.2 Å². The van der Waals surface area contributed by atoms with Crippen molar-refractivity contribution in [2.45, 2.75) is 30.6 Å². The smallest absolute Gasteiger partial charge is 0.381 e. The van der Waals surface area contributed by atoms with Crippen molar-refractivity contribution in [3.05, 3.63) is 12.7 Å². The third kappa shape index (κ3) is 4.32. The molecule has 0 aliphatic heterocycles. The highest BCUT2D eigenvalue weighted by molar-refractivity contribution is 5.81. The predicted molar refractivity (Wildman–Crippen MR) is 57.6 cm³/mol. The Labute approximate surface area is 124 Å². The molecule has 0 atom stereocenters. The van der Waals surface area contributed by atoms with E-state index in [0.717, 1.165) is 0 Å². The fourth-order valence-corrected chi connectivity index (χ4v) is 1.05. The van der Waals surface area contributed by atoms with Gasteiger partial charge in [0.2, 0.25) is 0 Å². The Bertz CT molecular complexity index is 475. The van der Waals surface area contributed by atoms with Gasteiger partial charge in [-0.1, -0.05) is 6.58 Å². The van der Waals surface area contributed by atoms with E-state index in [1.54, 1.807) is 0 Å². The molecule has 0 aromatic carbocycles. The van der Waals surface area contributed by atoms with Crippen molar-refractivity contribution in [1.29, 1.82) is 0 Å². The molecule has 0 aromatic heterocycles. The van der Waals surface area contributed by atoms with Crippen LogP contribution in [-0.4, -0.2) is 48.8 Å². The Balaban J connectivity index is 5.44. The van der Waals surface area contributed by atoms with Crippen LogP contribution in [0.25, 0.3) is 0 Å². The molecule has 0 aliphatic carbocycles.